The Labute approximate surface area is 207 Å². The second-order valence-electron chi connectivity index (χ2n) is 7.68. The van der Waals surface area contributed by atoms with Crippen LogP contribution in [-0.4, -0.2) is 81.3 Å². The predicted molar refractivity (Wildman–Crippen MR) is 134 cm³/mol. The van der Waals surface area contributed by atoms with E-state index < -0.39 is 0 Å². The molecule has 2 aliphatic heterocycles. The van der Waals surface area contributed by atoms with Gasteiger partial charge in [0.05, 0.1) is 31.8 Å². The lowest BCUT2D eigenvalue weighted by atomic mass is 9.98. The molecule has 0 amide bonds. The van der Waals surface area contributed by atoms with Crippen molar-refractivity contribution in [1.29, 1.82) is 0 Å². The second kappa shape index (κ2) is 13.4. The molecule has 7 nitrogen and oxygen atoms in total. The van der Waals surface area contributed by atoms with E-state index in [0.717, 1.165) is 63.2 Å². The van der Waals surface area contributed by atoms with E-state index in [4.69, 9.17) is 21.1 Å². The van der Waals surface area contributed by atoms with Gasteiger partial charge in [-0.05, 0) is 37.5 Å². The van der Waals surface area contributed by atoms with Crippen molar-refractivity contribution in [1.82, 2.24) is 15.1 Å². The maximum absolute atomic E-state index is 12.2. The van der Waals surface area contributed by atoms with Crippen molar-refractivity contribution in [2.24, 2.45) is 10.9 Å². The zero-order valence-electron chi connectivity index (χ0n) is 18.4. The molecular formula is C22H34ClIN4O3. The average molecular weight is 565 g/mol. The molecule has 1 aromatic rings. The fourth-order valence-electron chi connectivity index (χ4n) is 4.17. The molecule has 2 heterocycles. The molecule has 9 heteroatoms. The number of carbonyl (C=O) groups excluding carboxylic acids is 1. The first-order valence-electron chi connectivity index (χ1n) is 10.8. The number of carbonyl (C=O) groups is 1. The lowest BCUT2D eigenvalue weighted by Crippen LogP contribution is -2.50. The van der Waals surface area contributed by atoms with Crippen LogP contribution < -0.4 is 5.32 Å². The number of benzene rings is 1. The first-order chi connectivity index (χ1) is 14.6. The van der Waals surface area contributed by atoms with Crippen LogP contribution in [0.25, 0.3) is 0 Å². The number of esters is 1. The van der Waals surface area contributed by atoms with Crippen LogP contribution in [0.1, 0.15) is 31.4 Å². The van der Waals surface area contributed by atoms with Crippen LogP contribution in [0.3, 0.4) is 0 Å². The number of morpholine rings is 1. The number of piperidine rings is 1. The highest BCUT2D eigenvalue weighted by Gasteiger charge is 2.29. The minimum atomic E-state index is -0.106. The quantitative estimate of drug-likeness (QED) is 0.248. The Hall–Kier alpha value is -1.10. The molecule has 1 aromatic carbocycles. The van der Waals surface area contributed by atoms with E-state index in [1.54, 1.807) is 7.05 Å². The number of hydrogen-bond donors (Lipinski definition) is 1. The van der Waals surface area contributed by atoms with E-state index in [9.17, 15) is 4.79 Å². The maximum atomic E-state index is 12.2. The van der Waals surface area contributed by atoms with Crippen LogP contribution in [0.4, 0.5) is 0 Å². The fourth-order valence-corrected chi connectivity index (χ4v) is 4.30. The topological polar surface area (TPSA) is 66.4 Å². The predicted octanol–water partition coefficient (Wildman–Crippen LogP) is 3.18. The summed E-state index contributed by atoms with van der Waals surface area (Å²) in [4.78, 5) is 21.3. The highest BCUT2D eigenvalue weighted by Crippen LogP contribution is 2.24. The third-order valence-electron chi connectivity index (χ3n) is 5.75. The summed E-state index contributed by atoms with van der Waals surface area (Å²) >= 11 is 6.10. The lowest BCUT2D eigenvalue weighted by Gasteiger charge is -2.37. The molecule has 2 aliphatic rings. The molecule has 0 aliphatic carbocycles. The number of nitrogens with zero attached hydrogens (tertiary/aromatic N) is 3. The summed E-state index contributed by atoms with van der Waals surface area (Å²) in [6.45, 7) is 7.78. The summed E-state index contributed by atoms with van der Waals surface area (Å²) in [5.74, 6) is 0.629. The van der Waals surface area contributed by atoms with E-state index >= 15 is 0 Å². The fraction of sp³-hybridized carbons (Fsp3) is 0.636. The van der Waals surface area contributed by atoms with E-state index in [2.05, 4.69) is 32.2 Å². The monoisotopic (exact) mass is 564 g/mol. The number of guanidine groups is 1. The Morgan fingerprint density at radius 2 is 2.00 bits per heavy atom. The largest absolute Gasteiger partial charge is 0.466 e. The minimum Gasteiger partial charge on any atom is -0.466 e. The molecule has 0 saturated carbocycles. The van der Waals surface area contributed by atoms with Crippen molar-refractivity contribution in [3.63, 3.8) is 0 Å². The number of ether oxygens (including phenoxy) is 2. The molecule has 2 saturated heterocycles. The van der Waals surface area contributed by atoms with Crippen molar-refractivity contribution in [3.05, 3.63) is 34.9 Å². The van der Waals surface area contributed by atoms with Gasteiger partial charge in [-0.2, -0.15) is 0 Å². The zero-order valence-corrected chi connectivity index (χ0v) is 21.5. The van der Waals surface area contributed by atoms with Gasteiger partial charge in [0.2, 0.25) is 0 Å². The number of halogens is 2. The summed E-state index contributed by atoms with van der Waals surface area (Å²) < 4.78 is 10.8. The molecule has 0 spiro atoms. The molecule has 1 N–H and O–H groups in total. The number of rotatable bonds is 6. The summed E-state index contributed by atoms with van der Waals surface area (Å²) in [6.07, 6.45) is 1.82. The van der Waals surface area contributed by atoms with Crippen LogP contribution in [-0.2, 0) is 14.3 Å². The van der Waals surface area contributed by atoms with E-state index in [1.807, 2.05) is 19.1 Å². The van der Waals surface area contributed by atoms with Gasteiger partial charge in [0.25, 0.3) is 0 Å². The standard InChI is InChI=1S/C22H33ClN4O3.HI/c1-3-30-21(28)18-5-4-10-27(16-18)22(24-2)25-15-20(26-11-13-29-14-12-26)17-6-8-19(23)9-7-17;/h6-9,18,20H,3-5,10-16H2,1-2H3,(H,24,25);1H. The molecule has 0 radical (unpaired) electrons. The first-order valence-corrected chi connectivity index (χ1v) is 11.2. The molecule has 2 unspecified atom stereocenters. The van der Waals surface area contributed by atoms with Gasteiger partial charge in [-0.1, -0.05) is 23.7 Å². The van der Waals surface area contributed by atoms with Crippen LogP contribution >= 0.6 is 35.6 Å². The highest BCUT2D eigenvalue weighted by atomic mass is 127. The van der Waals surface area contributed by atoms with Gasteiger partial charge in [-0.3, -0.25) is 14.7 Å². The van der Waals surface area contributed by atoms with E-state index in [0.29, 0.717) is 13.2 Å². The maximum Gasteiger partial charge on any atom is 0.310 e. The number of nitrogens with one attached hydrogen (secondary N) is 1. The Morgan fingerprint density at radius 3 is 2.65 bits per heavy atom. The van der Waals surface area contributed by atoms with Crippen LogP contribution in [0.15, 0.2) is 29.3 Å². The average Bonchev–Trinajstić information content (AvgIpc) is 2.78. The minimum absolute atomic E-state index is 0. The van der Waals surface area contributed by atoms with Gasteiger partial charge in [0.1, 0.15) is 0 Å². The van der Waals surface area contributed by atoms with E-state index in [-0.39, 0.29) is 41.9 Å². The molecule has 0 bridgehead atoms. The highest BCUT2D eigenvalue weighted by molar-refractivity contribution is 14.0. The SMILES string of the molecule is CCOC(=O)C1CCCN(C(=NC)NCC(c2ccc(Cl)cc2)N2CCOCC2)C1.I. The number of aliphatic imine (C=N–C) groups is 1. The van der Waals surface area contributed by atoms with Crippen LogP contribution in [0.5, 0.6) is 0 Å². The number of hydrogen-bond acceptors (Lipinski definition) is 5. The zero-order chi connectivity index (χ0) is 21.3. The van der Waals surface area contributed by atoms with Gasteiger partial charge < -0.3 is 19.7 Å². The van der Waals surface area contributed by atoms with Crippen molar-refractivity contribution in [2.45, 2.75) is 25.8 Å². The van der Waals surface area contributed by atoms with Gasteiger partial charge in [0, 0.05) is 44.8 Å². The Bertz CT molecular complexity index is 713. The summed E-state index contributed by atoms with van der Waals surface area (Å²) in [5, 5.41) is 4.29. The Morgan fingerprint density at radius 1 is 1.29 bits per heavy atom. The lowest BCUT2D eigenvalue weighted by molar-refractivity contribution is -0.149. The normalized spacial score (nSPS) is 21.2. The molecule has 2 atom stereocenters. The van der Waals surface area contributed by atoms with Crippen molar-refractivity contribution >= 4 is 47.5 Å². The van der Waals surface area contributed by atoms with Gasteiger partial charge in [0.15, 0.2) is 5.96 Å². The molecule has 31 heavy (non-hydrogen) atoms. The van der Waals surface area contributed by atoms with Crippen LogP contribution in [0.2, 0.25) is 5.02 Å². The van der Waals surface area contributed by atoms with Crippen molar-refractivity contribution < 1.29 is 14.3 Å². The molecule has 3 rings (SSSR count). The first kappa shape index (κ1) is 26.2. The van der Waals surface area contributed by atoms with Gasteiger partial charge >= 0.3 is 5.97 Å². The molecular weight excluding hydrogens is 531 g/mol. The third kappa shape index (κ3) is 7.47. The van der Waals surface area contributed by atoms with Crippen molar-refractivity contribution in [3.8, 4) is 0 Å². The smallest absolute Gasteiger partial charge is 0.310 e. The third-order valence-corrected chi connectivity index (χ3v) is 6.00. The van der Waals surface area contributed by atoms with Crippen molar-refractivity contribution in [2.75, 3.05) is 59.6 Å². The second-order valence-corrected chi connectivity index (χ2v) is 8.12. The Kier molecular flexibility index (Phi) is 11.3. The van der Waals surface area contributed by atoms with Gasteiger partial charge in [-0.15, -0.1) is 24.0 Å². The van der Waals surface area contributed by atoms with Crippen LogP contribution in [0, 0.1) is 5.92 Å². The summed E-state index contributed by atoms with van der Waals surface area (Å²) in [7, 11) is 1.79. The Balaban J connectivity index is 0.00000341. The molecule has 2 fully saturated rings. The van der Waals surface area contributed by atoms with Gasteiger partial charge in [-0.25, -0.2) is 0 Å². The number of likely N-dealkylation sites (tertiary alicyclic amines) is 1. The summed E-state index contributed by atoms with van der Waals surface area (Å²) in [5.41, 5.74) is 1.22. The van der Waals surface area contributed by atoms with E-state index in [1.165, 1.54) is 5.56 Å². The molecule has 174 valence electrons. The molecule has 0 aromatic heterocycles. The summed E-state index contributed by atoms with van der Waals surface area (Å²) in [6, 6.07) is 8.24.